The van der Waals surface area contributed by atoms with E-state index in [9.17, 15) is 0 Å². The number of anilines is 2. The first kappa shape index (κ1) is 11.6. The van der Waals surface area contributed by atoms with Crippen molar-refractivity contribution in [1.82, 2.24) is 4.57 Å². The van der Waals surface area contributed by atoms with Gasteiger partial charge in [0.25, 0.3) is 0 Å². The molecule has 0 unspecified atom stereocenters. The minimum Gasteiger partial charge on any atom is -0.378 e. The first-order valence-corrected chi connectivity index (χ1v) is 5.79. The first-order chi connectivity index (χ1) is 8.18. The zero-order chi connectivity index (χ0) is 12.3. The Morgan fingerprint density at radius 2 is 1.88 bits per heavy atom. The smallest absolute Gasteiger partial charge is 0.0596 e. The summed E-state index contributed by atoms with van der Waals surface area (Å²) < 4.78 is 2.13. The number of benzene rings is 1. The van der Waals surface area contributed by atoms with Gasteiger partial charge in [-0.2, -0.15) is 0 Å². The van der Waals surface area contributed by atoms with E-state index in [2.05, 4.69) is 78.5 Å². The fourth-order valence-corrected chi connectivity index (χ4v) is 1.88. The predicted molar refractivity (Wildman–Crippen MR) is 73.5 cm³/mol. The summed E-state index contributed by atoms with van der Waals surface area (Å²) in [5.74, 6) is 0. The van der Waals surface area contributed by atoms with Crippen molar-refractivity contribution in [2.75, 3.05) is 24.3 Å². The van der Waals surface area contributed by atoms with E-state index < -0.39 is 0 Å². The molecule has 0 radical (unpaired) electrons. The molecule has 0 aliphatic rings. The molecule has 0 amide bonds. The summed E-state index contributed by atoms with van der Waals surface area (Å²) in [6.07, 6.45) is 2.06. The van der Waals surface area contributed by atoms with Gasteiger partial charge < -0.3 is 14.8 Å². The number of hydrogen-bond acceptors (Lipinski definition) is 2. The van der Waals surface area contributed by atoms with E-state index in [1.54, 1.807) is 0 Å². The molecule has 0 spiro atoms. The third-order valence-corrected chi connectivity index (χ3v) is 2.90. The zero-order valence-corrected chi connectivity index (χ0v) is 10.6. The highest BCUT2D eigenvalue weighted by Gasteiger charge is 2.03. The van der Waals surface area contributed by atoms with E-state index in [4.69, 9.17) is 0 Å². The Kier molecular flexibility index (Phi) is 3.38. The molecule has 1 aromatic carbocycles. The average molecular weight is 229 g/mol. The summed E-state index contributed by atoms with van der Waals surface area (Å²) >= 11 is 0. The van der Waals surface area contributed by atoms with Crippen molar-refractivity contribution in [1.29, 1.82) is 0 Å². The van der Waals surface area contributed by atoms with Crippen LogP contribution in [0.1, 0.15) is 5.69 Å². The standard InChI is InChI=1S/C14H19N3/c1-16(2)14-9-5-4-8-13(14)15-11-12-7-6-10-17(12)3/h4-10,15H,11H2,1-3H3. The molecule has 17 heavy (non-hydrogen) atoms. The molecule has 1 aromatic heterocycles. The van der Waals surface area contributed by atoms with Gasteiger partial charge in [-0.1, -0.05) is 12.1 Å². The monoisotopic (exact) mass is 229 g/mol. The van der Waals surface area contributed by atoms with Gasteiger partial charge in [0.1, 0.15) is 0 Å². The fraction of sp³-hybridized carbons (Fsp3) is 0.286. The maximum atomic E-state index is 3.48. The number of rotatable bonds is 4. The second kappa shape index (κ2) is 4.95. The predicted octanol–water partition coefficient (Wildman–Crippen LogP) is 2.70. The van der Waals surface area contributed by atoms with Crippen LogP contribution in [0.5, 0.6) is 0 Å². The van der Waals surface area contributed by atoms with Crippen molar-refractivity contribution < 1.29 is 0 Å². The van der Waals surface area contributed by atoms with E-state index in [-0.39, 0.29) is 0 Å². The van der Waals surface area contributed by atoms with E-state index in [1.807, 2.05) is 0 Å². The average Bonchev–Trinajstić information content (AvgIpc) is 2.72. The van der Waals surface area contributed by atoms with E-state index >= 15 is 0 Å². The molecule has 2 rings (SSSR count). The van der Waals surface area contributed by atoms with Gasteiger partial charge in [-0.05, 0) is 24.3 Å². The Hall–Kier alpha value is -1.90. The van der Waals surface area contributed by atoms with E-state index in [1.165, 1.54) is 17.1 Å². The second-order valence-electron chi connectivity index (χ2n) is 4.38. The van der Waals surface area contributed by atoms with Gasteiger partial charge in [-0.15, -0.1) is 0 Å². The van der Waals surface area contributed by atoms with Crippen LogP contribution < -0.4 is 10.2 Å². The molecule has 0 fully saturated rings. The van der Waals surface area contributed by atoms with Crippen LogP contribution in [0, 0.1) is 0 Å². The molecule has 0 aliphatic carbocycles. The highest BCUT2D eigenvalue weighted by Crippen LogP contribution is 2.23. The van der Waals surface area contributed by atoms with Crippen molar-refractivity contribution in [3.8, 4) is 0 Å². The molecule has 3 nitrogen and oxygen atoms in total. The van der Waals surface area contributed by atoms with Gasteiger partial charge in [-0.25, -0.2) is 0 Å². The lowest BCUT2D eigenvalue weighted by Gasteiger charge is -2.18. The molecular formula is C14H19N3. The van der Waals surface area contributed by atoms with E-state index in [0.717, 1.165) is 6.54 Å². The molecule has 1 heterocycles. The first-order valence-electron chi connectivity index (χ1n) is 5.79. The molecule has 90 valence electrons. The molecule has 0 saturated heterocycles. The van der Waals surface area contributed by atoms with Crippen molar-refractivity contribution in [3.05, 3.63) is 48.3 Å². The van der Waals surface area contributed by atoms with Crippen LogP contribution in [0.2, 0.25) is 0 Å². The molecule has 1 N–H and O–H groups in total. The summed E-state index contributed by atoms with van der Waals surface area (Å²) in [5.41, 5.74) is 3.65. The van der Waals surface area contributed by atoms with Crippen LogP contribution in [0.15, 0.2) is 42.6 Å². The minimum absolute atomic E-state index is 0.842. The van der Waals surface area contributed by atoms with Crippen LogP contribution in [0.25, 0.3) is 0 Å². The Morgan fingerprint density at radius 1 is 1.12 bits per heavy atom. The summed E-state index contributed by atoms with van der Waals surface area (Å²) in [5, 5.41) is 3.48. The van der Waals surface area contributed by atoms with Gasteiger partial charge in [0, 0.05) is 33.0 Å². The summed E-state index contributed by atoms with van der Waals surface area (Å²) in [6.45, 7) is 0.842. The Labute approximate surface area is 103 Å². The van der Waals surface area contributed by atoms with Gasteiger partial charge >= 0.3 is 0 Å². The van der Waals surface area contributed by atoms with Crippen LogP contribution in [-0.2, 0) is 13.6 Å². The number of para-hydroxylation sites is 2. The normalized spacial score (nSPS) is 10.3. The largest absolute Gasteiger partial charge is 0.378 e. The lowest BCUT2D eigenvalue weighted by atomic mass is 10.2. The number of nitrogens with one attached hydrogen (secondary N) is 1. The van der Waals surface area contributed by atoms with Crippen molar-refractivity contribution in [2.45, 2.75) is 6.54 Å². The maximum absolute atomic E-state index is 3.48. The summed E-state index contributed by atoms with van der Waals surface area (Å²) in [4.78, 5) is 2.12. The summed E-state index contributed by atoms with van der Waals surface area (Å²) in [7, 11) is 6.18. The maximum Gasteiger partial charge on any atom is 0.0596 e. The van der Waals surface area contributed by atoms with E-state index in [0.29, 0.717) is 0 Å². The SMILES string of the molecule is CN(C)c1ccccc1NCc1cccn1C. The van der Waals surface area contributed by atoms with Crippen LogP contribution in [0.3, 0.4) is 0 Å². The van der Waals surface area contributed by atoms with Gasteiger partial charge in [0.15, 0.2) is 0 Å². The Morgan fingerprint density at radius 3 is 2.53 bits per heavy atom. The third-order valence-electron chi connectivity index (χ3n) is 2.90. The number of aromatic nitrogens is 1. The van der Waals surface area contributed by atoms with Gasteiger partial charge in [0.05, 0.1) is 17.9 Å². The molecule has 0 atom stereocenters. The molecule has 0 bridgehead atoms. The second-order valence-corrected chi connectivity index (χ2v) is 4.38. The topological polar surface area (TPSA) is 20.2 Å². The minimum atomic E-state index is 0.842. The summed E-state index contributed by atoms with van der Waals surface area (Å²) in [6, 6.07) is 12.5. The highest BCUT2D eigenvalue weighted by molar-refractivity contribution is 5.69. The highest BCUT2D eigenvalue weighted by atomic mass is 15.1. The number of hydrogen-bond donors (Lipinski definition) is 1. The zero-order valence-electron chi connectivity index (χ0n) is 10.6. The molecular weight excluding hydrogens is 210 g/mol. The van der Waals surface area contributed by atoms with Crippen molar-refractivity contribution in [3.63, 3.8) is 0 Å². The Bertz CT molecular complexity index is 486. The molecule has 2 aromatic rings. The molecule has 0 aliphatic heterocycles. The quantitative estimate of drug-likeness (QED) is 0.870. The van der Waals surface area contributed by atoms with Crippen molar-refractivity contribution >= 4 is 11.4 Å². The van der Waals surface area contributed by atoms with Gasteiger partial charge in [0.2, 0.25) is 0 Å². The number of aryl methyl sites for hydroxylation is 1. The van der Waals surface area contributed by atoms with Gasteiger partial charge in [-0.3, -0.25) is 0 Å². The Balaban J connectivity index is 2.11. The van der Waals surface area contributed by atoms with Crippen molar-refractivity contribution in [2.24, 2.45) is 7.05 Å². The van der Waals surface area contributed by atoms with Crippen LogP contribution in [-0.4, -0.2) is 18.7 Å². The lowest BCUT2D eigenvalue weighted by molar-refractivity contribution is 0.842. The van der Waals surface area contributed by atoms with Crippen LogP contribution in [0.4, 0.5) is 11.4 Å². The molecule has 3 heteroatoms. The lowest BCUT2D eigenvalue weighted by Crippen LogP contribution is -2.12. The fourth-order valence-electron chi connectivity index (χ4n) is 1.88. The molecule has 0 saturated carbocycles. The van der Waals surface area contributed by atoms with Crippen LogP contribution >= 0.6 is 0 Å². The third kappa shape index (κ3) is 2.61. The number of nitrogens with zero attached hydrogens (tertiary/aromatic N) is 2.